The molecule has 0 saturated heterocycles. The molecule has 11 aromatic rings. The predicted molar refractivity (Wildman–Crippen MR) is 243 cm³/mol. The molecule has 0 spiro atoms. The third kappa shape index (κ3) is 4.65. The van der Waals surface area contributed by atoms with E-state index in [1.54, 1.807) is 0 Å². The molecule has 270 valence electrons. The number of benzene rings is 8. The van der Waals surface area contributed by atoms with Crippen molar-refractivity contribution in [2.75, 3.05) is 9.80 Å². The molecule has 0 bridgehead atoms. The Labute approximate surface area is 335 Å². The minimum atomic E-state index is -0.190. The molecule has 0 N–H and O–H groups in total. The monoisotopic (exact) mass is 747 g/mol. The molecule has 4 heteroatoms. The summed E-state index contributed by atoms with van der Waals surface area (Å²) in [6.07, 6.45) is 0. The zero-order chi connectivity index (χ0) is 37.8. The van der Waals surface area contributed by atoms with Gasteiger partial charge < -0.3 is 9.80 Å². The molecule has 8 aromatic carbocycles. The first kappa shape index (κ1) is 32.4. The lowest BCUT2D eigenvalue weighted by molar-refractivity contribution is 0.666. The van der Waals surface area contributed by atoms with Crippen molar-refractivity contribution in [1.82, 2.24) is 4.40 Å². The standard InChI is InChI=1S/C53H37N3S/c1-53(2)46-33-41(55(38-20-11-5-12-21-38)39-22-13-6-14-23-39)28-29-42(46)51-49(53)44-25-15-24-43-48-45-31-34-26-27-40(30-35(34)32-47(45)57-52(48)56(51)50(43)44)54(36-16-7-3-8-17-36)37-18-9-4-10-19-37/h3-33H,1-2H3. The number of aromatic nitrogens is 1. The number of fused-ring (bicyclic) bond motifs is 11. The highest BCUT2D eigenvalue weighted by Gasteiger charge is 2.41. The normalized spacial score (nSPS) is 13.2. The van der Waals surface area contributed by atoms with Crippen molar-refractivity contribution in [3.05, 3.63) is 199 Å². The third-order valence-corrected chi connectivity index (χ3v) is 13.3. The van der Waals surface area contributed by atoms with Gasteiger partial charge in [0.05, 0.1) is 11.2 Å². The van der Waals surface area contributed by atoms with Crippen LogP contribution in [-0.2, 0) is 5.41 Å². The number of hydrogen-bond donors (Lipinski definition) is 0. The molecule has 1 aliphatic rings. The molecule has 1 aliphatic carbocycles. The highest BCUT2D eigenvalue weighted by atomic mass is 32.1. The Morgan fingerprint density at radius 1 is 0.456 bits per heavy atom. The van der Waals surface area contributed by atoms with E-state index in [2.05, 4.69) is 216 Å². The van der Waals surface area contributed by atoms with Gasteiger partial charge in [-0.3, -0.25) is 4.40 Å². The summed E-state index contributed by atoms with van der Waals surface area (Å²) in [4.78, 5) is 6.05. The van der Waals surface area contributed by atoms with Crippen LogP contribution in [0, 0.1) is 0 Å². The van der Waals surface area contributed by atoms with E-state index in [4.69, 9.17) is 0 Å². The molecule has 0 atom stereocenters. The van der Waals surface area contributed by atoms with Crippen LogP contribution in [0.25, 0.3) is 58.6 Å². The first-order valence-corrected chi connectivity index (χ1v) is 20.5. The Bertz CT molecular complexity index is 3230. The average Bonchev–Trinajstić information content (AvgIpc) is 3.96. The second kappa shape index (κ2) is 12.1. The van der Waals surface area contributed by atoms with Gasteiger partial charge in [0.25, 0.3) is 0 Å². The van der Waals surface area contributed by atoms with Crippen molar-refractivity contribution in [3.63, 3.8) is 0 Å². The maximum absolute atomic E-state index is 2.61. The third-order valence-electron chi connectivity index (χ3n) is 12.2. The highest BCUT2D eigenvalue weighted by molar-refractivity contribution is 7.25. The largest absolute Gasteiger partial charge is 0.310 e. The topological polar surface area (TPSA) is 10.9 Å². The number of para-hydroxylation sites is 5. The number of nitrogens with zero attached hydrogens (tertiary/aromatic N) is 3. The zero-order valence-corrected chi connectivity index (χ0v) is 32.5. The van der Waals surface area contributed by atoms with E-state index in [9.17, 15) is 0 Å². The summed E-state index contributed by atoms with van der Waals surface area (Å²) < 4.78 is 3.93. The smallest absolute Gasteiger partial charge is 0.109 e. The van der Waals surface area contributed by atoms with E-state index in [1.165, 1.54) is 75.4 Å². The number of hydrogen-bond acceptors (Lipinski definition) is 3. The first-order chi connectivity index (χ1) is 28.0. The van der Waals surface area contributed by atoms with Crippen LogP contribution in [0.3, 0.4) is 0 Å². The minimum Gasteiger partial charge on any atom is -0.310 e. The highest BCUT2D eigenvalue weighted by Crippen LogP contribution is 2.57. The molecule has 0 aliphatic heterocycles. The summed E-state index contributed by atoms with van der Waals surface area (Å²) >= 11 is 1.93. The molecule has 3 aromatic heterocycles. The predicted octanol–water partition coefficient (Wildman–Crippen LogP) is 15.3. The van der Waals surface area contributed by atoms with Crippen molar-refractivity contribution in [1.29, 1.82) is 0 Å². The van der Waals surface area contributed by atoms with Crippen molar-refractivity contribution in [3.8, 4) is 11.3 Å². The van der Waals surface area contributed by atoms with Gasteiger partial charge in [0.15, 0.2) is 0 Å². The molecule has 3 nitrogen and oxygen atoms in total. The second-order valence-electron chi connectivity index (χ2n) is 15.8. The average molecular weight is 748 g/mol. The molecular formula is C53H37N3S. The Morgan fingerprint density at radius 3 is 1.60 bits per heavy atom. The van der Waals surface area contributed by atoms with Gasteiger partial charge in [-0.05, 0) is 107 Å². The quantitative estimate of drug-likeness (QED) is 0.168. The lowest BCUT2D eigenvalue weighted by Crippen LogP contribution is -2.16. The van der Waals surface area contributed by atoms with Crippen LogP contribution in [-0.4, -0.2) is 4.40 Å². The summed E-state index contributed by atoms with van der Waals surface area (Å²) in [5, 5.41) is 7.89. The molecule has 0 radical (unpaired) electrons. The van der Waals surface area contributed by atoms with E-state index >= 15 is 0 Å². The Morgan fingerprint density at radius 2 is 1.00 bits per heavy atom. The lowest BCUT2D eigenvalue weighted by Gasteiger charge is -2.28. The number of anilines is 6. The summed E-state index contributed by atoms with van der Waals surface area (Å²) in [5.74, 6) is 0. The molecule has 0 fully saturated rings. The molecule has 0 unspecified atom stereocenters. The lowest BCUT2D eigenvalue weighted by atomic mass is 9.81. The van der Waals surface area contributed by atoms with E-state index in [0.29, 0.717) is 0 Å². The van der Waals surface area contributed by atoms with E-state index in [1.807, 2.05) is 11.3 Å². The zero-order valence-electron chi connectivity index (χ0n) is 31.6. The number of rotatable bonds is 6. The maximum Gasteiger partial charge on any atom is 0.109 e. The molecule has 57 heavy (non-hydrogen) atoms. The van der Waals surface area contributed by atoms with Gasteiger partial charge >= 0.3 is 0 Å². The van der Waals surface area contributed by atoms with Crippen molar-refractivity contribution in [2.45, 2.75) is 19.3 Å². The first-order valence-electron chi connectivity index (χ1n) is 19.7. The van der Waals surface area contributed by atoms with Crippen LogP contribution in [0.4, 0.5) is 34.1 Å². The van der Waals surface area contributed by atoms with Crippen LogP contribution in [0.2, 0.25) is 0 Å². The van der Waals surface area contributed by atoms with Crippen LogP contribution in [0.15, 0.2) is 188 Å². The maximum atomic E-state index is 2.61. The van der Waals surface area contributed by atoms with E-state index in [0.717, 1.165) is 28.4 Å². The Balaban J connectivity index is 1.05. The van der Waals surface area contributed by atoms with Crippen molar-refractivity contribution < 1.29 is 0 Å². The molecule has 0 saturated carbocycles. The fourth-order valence-electron chi connectivity index (χ4n) is 9.73. The van der Waals surface area contributed by atoms with Crippen LogP contribution in [0.1, 0.15) is 25.0 Å². The summed E-state index contributed by atoms with van der Waals surface area (Å²) in [7, 11) is 0. The van der Waals surface area contributed by atoms with Gasteiger partial charge in [0, 0.05) is 71.3 Å². The van der Waals surface area contributed by atoms with Gasteiger partial charge in [-0.1, -0.05) is 117 Å². The summed E-state index contributed by atoms with van der Waals surface area (Å²) in [6, 6.07) is 68.6. The van der Waals surface area contributed by atoms with Crippen molar-refractivity contribution >= 4 is 92.8 Å². The van der Waals surface area contributed by atoms with Gasteiger partial charge in [-0.2, -0.15) is 0 Å². The van der Waals surface area contributed by atoms with Gasteiger partial charge in [-0.25, -0.2) is 0 Å². The molecule has 0 amide bonds. The molecular weight excluding hydrogens is 711 g/mol. The summed E-state index contributed by atoms with van der Waals surface area (Å²) in [6.45, 7) is 4.83. The van der Waals surface area contributed by atoms with Crippen LogP contribution < -0.4 is 9.80 Å². The SMILES string of the molecule is CC1(C)c2cc(N(c3ccccc3)c3ccccc3)ccc2-c2c1c1cccc3c4c5cc6ccc(N(c7ccccc7)c7ccccc7)cc6cc5sc4n2c13. The second-order valence-corrected chi connectivity index (χ2v) is 16.8. The number of thiophene rings is 1. The van der Waals surface area contributed by atoms with Crippen LogP contribution in [0.5, 0.6) is 0 Å². The summed E-state index contributed by atoms with van der Waals surface area (Å²) in [5.41, 5.74) is 13.5. The van der Waals surface area contributed by atoms with Gasteiger partial charge in [0.2, 0.25) is 0 Å². The minimum absolute atomic E-state index is 0.190. The molecule has 12 rings (SSSR count). The van der Waals surface area contributed by atoms with Crippen molar-refractivity contribution in [2.24, 2.45) is 0 Å². The van der Waals surface area contributed by atoms with E-state index in [-0.39, 0.29) is 5.41 Å². The van der Waals surface area contributed by atoms with E-state index < -0.39 is 0 Å². The fraction of sp³-hybridized carbons (Fsp3) is 0.0566. The van der Waals surface area contributed by atoms with Crippen LogP contribution >= 0.6 is 11.3 Å². The fourth-order valence-corrected chi connectivity index (χ4v) is 11.0. The molecule has 3 heterocycles. The van der Waals surface area contributed by atoms with Gasteiger partial charge in [-0.15, -0.1) is 11.3 Å². The Kier molecular flexibility index (Phi) is 6.85. The van der Waals surface area contributed by atoms with Gasteiger partial charge in [0.1, 0.15) is 4.83 Å². The Hall–Kier alpha value is -6.88.